The molecule has 2 heterocycles. The van der Waals surface area contributed by atoms with E-state index in [1.165, 1.54) is 0 Å². The van der Waals surface area contributed by atoms with Gasteiger partial charge in [0, 0.05) is 37.3 Å². The van der Waals surface area contributed by atoms with Crippen molar-refractivity contribution in [2.45, 2.75) is 6.54 Å². The maximum absolute atomic E-state index is 5.90. The van der Waals surface area contributed by atoms with Crippen molar-refractivity contribution in [2.24, 2.45) is 0 Å². The molecule has 0 saturated carbocycles. The van der Waals surface area contributed by atoms with Crippen molar-refractivity contribution >= 4 is 5.69 Å². The number of aromatic nitrogens is 3. The maximum Gasteiger partial charge on any atom is 0.0951 e. The third kappa shape index (κ3) is 2.04. The van der Waals surface area contributed by atoms with Crippen molar-refractivity contribution in [3.63, 3.8) is 0 Å². The standard InChI is InChI=1S/C11H14N4O/c1-16-5-4-15-8-14-7-11(15)9-6-13-3-2-10(9)12/h2-3,6-8H,4-5H2,1H3,(H2,12,13). The summed E-state index contributed by atoms with van der Waals surface area (Å²) in [6.07, 6.45) is 6.97. The molecule has 5 heteroatoms. The molecule has 0 atom stereocenters. The Morgan fingerprint density at radius 1 is 1.38 bits per heavy atom. The number of anilines is 1. The fourth-order valence-electron chi connectivity index (χ4n) is 1.53. The van der Waals surface area contributed by atoms with Crippen LogP contribution < -0.4 is 5.73 Å². The van der Waals surface area contributed by atoms with Crippen LogP contribution in [0.1, 0.15) is 0 Å². The summed E-state index contributed by atoms with van der Waals surface area (Å²) >= 11 is 0. The largest absolute Gasteiger partial charge is 0.398 e. The van der Waals surface area contributed by atoms with Gasteiger partial charge >= 0.3 is 0 Å². The van der Waals surface area contributed by atoms with Crippen LogP contribution in [0.3, 0.4) is 0 Å². The number of hydrogen-bond acceptors (Lipinski definition) is 4. The SMILES string of the molecule is COCCn1cncc1-c1cnccc1N. The Kier molecular flexibility index (Phi) is 3.16. The molecule has 0 aliphatic rings. The molecular formula is C11H14N4O. The van der Waals surface area contributed by atoms with Crippen LogP contribution in [0.5, 0.6) is 0 Å². The van der Waals surface area contributed by atoms with Gasteiger partial charge in [-0.15, -0.1) is 0 Å². The summed E-state index contributed by atoms with van der Waals surface area (Å²) < 4.78 is 7.04. The zero-order valence-electron chi connectivity index (χ0n) is 9.13. The summed E-state index contributed by atoms with van der Waals surface area (Å²) in [5, 5.41) is 0. The van der Waals surface area contributed by atoms with E-state index < -0.39 is 0 Å². The van der Waals surface area contributed by atoms with E-state index in [0.717, 1.165) is 17.8 Å². The predicted molar refractivity (Wildman–Crippen MR) is 61.7 cm³/mol. The first-order chi connectivity index (χ1) is 7.83. The number of ether oxygens (including phenoxy) is 1. The van der Waals surface area contributed by atoms with Gasteiger partial charge in [-0.05, 0) is 6.07 Å². The first kappa shape index (κ1) is 10.6. The smallest absolute Gasteiger partial charge is 0.0951 e. The summed E-state index contributed by atoms with van der Waals surface area (Å²) in [7, 11) is 1.68. The van der Waals surface area contributed by atoms with Crippen LogP contribution in [0.15, 0.2) is 31.0 Å². The first-order valence-electron chi connectivity index (χ1n) is 5.02. The van der Waals surface area contributed by atoms with E-state index in [2.05, 4.69) is 9.97 Å². The summed E-state index contributed by atoms with van der Waals surface area (Å²) in [5.41, 5.74) is 8.46. The number of imidazole rings is 1. The van der Waals surface area contributed by atoms with Crippen molar-refractivity contribution in [2.75, 3.05) is 19.5 Å². The van der Waals surface area contributed by atoms with E-state index in [0.29, 0.717) is 12.3 Å². The lowest BCUT2D eigenvalue weighted by Gasteiger charge is -2.08. The Hall–Kier alpha value is -1.88. The second kappa shape index (κ2) is 4.76. The van der Waals surface area contributed by atoms with Crippen LogP contribution in [0.25, 0.3) is 11.3 Å². The minimum atomic E-state index is 0.642. The van der Waals surface area contributed by atoms with Gasteiger partial charge < -0.3 is 15.0 Å². The van der Waals surface area contributed by atoms with Crippen LogP contribution in [0.2, 0.25) is 0 Å². The molecule has 5 nitrogen and oxygen atoms in total. The second-order valence-corrected chi connectivity index (χ2v) is 3.43. The van der Waals surface area contributed by atoms with Gasteiger partial charge in [0.2, 0.25) is 0 Å². The molecule has 2 N–H and O–H groups in total. The number of methoxy groups -OCH3 is 1. The number of pyridine rings is 1. The molecular weight excluding hydrogens is 204 g/mol. The van der Waals surface area contributed by atoms with Gasteiger partial charge in [-0.2, -0.15) is 0 Å². The summed E-state index contributed by atoms with van der Waals surface area (Å²) in [5.74, 6) is 0. The van der Waals surface area contributed by atoms with Gasteiger partial charge in [0.15, 0.2) is 0 Å². The van der Waals surface area contributed by atoms with Gasteiger partial charge in [-0.3, -0.25) is 4.98 Å². The number of nitrogen functional groups attached to an aromatic ring is 1. The average Bonchev–Trinajstić information content (AvgIpc) is 2.75. The van der Waals surface area contributed by atoms with Crippen molar-refractivity contribution in [1.82, 2.24) is 14.5 Å². The highest BCUT2D eigenvalue weighted by molar-refractivity contribution is 5.72. The molecule has 2 rings (SSSR count). The molecule has 0 radical (unpaired) electrons. The van der Waals surface area contributed by atoms with Crippen molar-refractivity contribution in [3.05, 3.63) is 31.0 Å². The molecule has 0 aliphatic heterocycles. The Bertz CT molecular complexity index is 467. The number of rotatable bonds is 4. The van der Waals surface area contributed by atoms with Crippen LogP contribution in [-0.2, 0) is 11.3 Å². The van der Waals surface area contributed by atoms with E-state index in [4.69, 9.17) is 10.5 Å². The predicted octanol–water partition coefficient (Wildman–Crippen LogP) is 1.17. The first-order valence-corrected chi connectivity index (χ1v) is 5.02. The lowest BCUT2D eigenvalue weighted by atomic mass is 10.2. The van der Waals surface area contributed by atoms with Gasteiger partial charge in [0.05, 0.1) is 24.8 Å². The minimum absolute atomic E-state index is 0.642. The molecule has 0 saturated heterocycles. The molecule has 0 spiro atoms. The Balaban J connectivity index is 2.33. The van der Waals surface area contributed by atoms with Crippen molar-refractivity contribution in [1.29, 1.82) is 0 Å². The molecule has 0 bridgehead atoms. The Morgan fingerprint density at radius 2 is 2.25 bits per heavy atom. The number of nitrogens with zero attached hydrogens (tertiary/aromatic N) is 3. The molecule has 0 fully saturated rings. The van der Waals surface area contributed by atoms with Crippen LogP contribution in [0, 0.1) is 0 Å². The molecule has 0 aliphatic carbocycles. The summed E-state index contributed by atoms with van der Waals surface area (Å²) in [4.78, 5) is 8.19. The van der Waals surface area contributed by atoms with Crippen molar-refractivity contribution in [3.8, 4) is 11.3 Å². The fourth-order valence-corrected chi connectivity index (χ4v) is 1.53. The molecule has 0 unspecified atom stereocenters. The third-order valence-corrected chi connectivity index (χ3v) is 2.38. The van der Waals surface area contributed by atoms with Gasteiger partial charge in [-0.25, -0.2) is 4.98 Å². The normalized spacial score (nSPS) is 10.6. The van der Waals surface area contributed by atoms with Gasteiger partial charge in [0.25, 0.3) is 0 Å². The maximum atomic E-state index is 5.90. The highest BCUT2D eigenvalue weighted by Gasteiger charge is 2.07. The van der Waals surface area contributed by atoms with E-state index in [-0.39, 0.29) is 0 Å². The molecule has 2 aromatic rings. The highest BCUT2D eigenvalue weighted by Crippen LogP contribution is 2.23. The minimum Gasteiger partial charge on any atom is -0.398 e. The van der Waals surface area contributed by atoms with E-state index >= 15 is 0 Å². The van der Waals surface area contributed by atoms with E-state index in [9.17, 15) is 0 Å². The number of nitrogens with two attached hydrogens (primary N) is 1. The molecule has 2 aromatic heterocycles. The molecule has 0 aromatic carbocycles. The Labute approximate surface area is 93.9 Å². The monoisotopic (exact) mass is 218 g/mol. The third-order valence-electron chi connectivity index (χ3n) is 2.38. The molecule has 16 heavy (non-hydrogen) atoms. The van der Waals surface area contributed by atoms with Gasteiger partial charge in [-0.1, -0.05) is 0 Å². The highest BCUT2D eigenvalue weighted by atomic mass is 16.5. The summed E-state index contributed by atoms with van der Waals surface area (Å²) in [6.45, 7) is 1.39. The van der Waals surface area contributed by atoms with Crippen LogP contribution >= 0.6 is 0 Å². The van der Waals surface area contributed by atoms with Gasteiger partial charge in [0.1, 0.15) is 0 Å². The van der Waals surface area contributed by atoms with E-state index in [1.54, 1.807) is 38.1 Å². The zero-order chi connectivity index (χ0) is 11.4. The quantitative estimate of drug-likeness (QED) is 0.836. The lowest BCUT2D eigenvalue weighted by molar-refractivity contribution is 0.187. The lowest BCUT2D eigenvalue weighted by Crippen LogP contribution is -2.05. The van der Waals surface area contributed by atoms with Crippen LogP contribution in [0.4, 0.5) is 5.69 Å². The average molecular weight is 218 g/mol. The molecule has 0 amide bonds. The second-order valence-electron chi connectivity index (χ2n) is 3.43. The number of hydrogen-bond donors (Lipinski definition) is 1. The van der Waals surface area contributed by atoms with Crippen LogP contribution in [-0.4, -0.2) is 28.3 Å². The zero-order valence-corrected chi connectivity index (χ0v) is 9.13. The summed E-state index contributed by atoms with van der Waals surface area (Å²) in [6, 6.07) is 1.78. The van der Waals surface area contributed by atoms with E-state index in [1.807, 2.05) is 4.57 Å². The van der Waals surface area contributed by atoms with Crippen molar-refractivity contribution < 1.29 is 4.74 Å². The topological polar surface area (TPSA) is 66.0 Å². The fraction of sp³-hybridized carbons (Fsp3) is 0.273. The Morgan fingerprint density at radius 3 is 3.00 bits per heavy atom. The molecule has 84 valence electrons.